The molecule has 20 heavy (non-hydrogen) atoms. The number of unbranched alkanes of at least 4 members (excludes halogenated alkanes) is 7. The first-order valence-electron chi connectivity index (χ1n) is 7.62. The van der Waals surface area contributed by atoms with Gasteiger partial charge in [-0.05, 0) is 37.2 Å². The summed E-state index contributed by atoms with van der Waals surface area (Å²) in [5.74, 6) is 11.0. The van der Waals surface area contributed by atoms with Gasteiger partial charge < -0.3 is 5.11 Å². The van der Waals surface area contributed by atoms with E-state index in [4.69, 9.17) is 5.11 Å². The Morgan fingerprint density at radius 1 is 1.05 bits per heavy atom. The molecule has 0 aliphatic heterocycles. The highest BCUT2D eigenvalue weighted by Gasteiger charge is 1.95. The van der Waals surface area contributed by atoms with E-state index in [9.17, 15) is 4.79 Å². The highest BCUT2D eigenvalue weighted by molar-refractivity contribution is 5.66. The molecule has 0 aliphatic carbocycles. The standard InChI is InChI=1S/C18H26O2/c1-2-3-4-5-6-7-8-9-10-11-12-13-14-15-16-17-18(19)20/h4-5H,2-3,10-17H2,1H3,(H,19,20). The van der Waals surface area contributed by atoms with E-state index in [0.29, 0.717) is 6.42 Å². The Morgan fingerprint density at radius 3 is 2.45 bits per heavy atom. The molecule has 0 heterocycles. The van der Waals surface area contributed by atoms with Crippen LogP contribution in [0.25, 0.3) is 0 Å². The largest absolute Gasteiger partial charge is 0.481 e. The fourth-order valence-corrected chi connectivity index (χ4v) is 1.69. The summed E-state index contributed by atoms with van der Waals surface area (Å²) < 4.78 is 0. The minimum absolute atomic E-state index is 0.302. The van der Waals surface area contributed by atoms with Gasteiger partial charge in [-0.25, -0.2) is 0 Å². The Morgan fingerprint density at radius 2 is 1.75 bits per heavy atom. The molecule has 0 saturated carbocycles. The molecule has 0 aromatic heterocycles. The third-order valence-corrected chi connectivity index (χ3v) is 2.82. The lowest BCUT2D eigenvalue weighted by Gasteiger charge is -1.98. The molecule has 0 rings (SSSR count). The number of carbonyl (C=O) groups is 1. The van der Waals surface area contributed by atoms with Crippen molar-refractivity contribution in [2.45, 2.75) is 71.1 Å². The third kappa shape index (κ3) is 16.3. The predicted octanol–water partition coefficient (Wildman–Crippen LogP) is 4.55. The molecule has 2 heteroatoms. The van der Waals surface area contributed by atoms with E-state index in [1.807, 2.05) is 6.08 Å². The minimum Gasteiger partial charge on any atom is -0.481 e. The number of carboxylic acids is 1. The number of rotatable bonds is 10. The number of aliphatic carboxylic acids is 1. The Bertz CT molecular complexity index is 385. The van der Waals surface area contributed by atoms with Crippen LogP contribution in [0.15, 0.2) is 12.2 Å². The average molecular weight is 274 g/mol. The Hall–Kier alpha value is -1.67. The lowest BCUT2D eigenvalue weighted by Crippen LogP contribution is -1.93. The van der Waals surface area contributed by atoms with Crippen LogP contribution in [0.4, 0.5) is 0 Å². The van der Waals surface area contributed by atoms with E-state index in [-0.39, 0.29) is 0 Å². The number of hydrogen-bond acceptors (Lipinski definition) is 1. The Kier molecular flexibility index (Phi) is 14.1. The van der Waals surface area contributed by atoms with E-state index in [0.717, 1.165) is 44.9 Å². The maximum atomic E-state index is 10.3. The molecule has 0 aliphatic rings. The number of allylic oxidation sites excluding steroid dienone is 2. The highest BCUT2D eigenvalue weighted by Crippen LogP contribution is 2.08. The summed E-state index contributed by atoms with van der Waals surface area (Å²) >= 11 is 0. The quantitative estimate of drug-likeness (QED) is 0.468. The van der Waals surface area contributed by atoms with Crippen molar-refractivity contribution in [3.05, 3.63) is 12.2 Å². The highest BCUT2D eigenvalue weighted by atomic mass is 16.4. The molecule has 0 atom stereocenters. The molecule has 0 unspecified atom stereocenters. The van der Waals surface area contributed by atoms with Gasteiger partial charge in [-0.3, -0.25) is 4.79 Å². The zero-order valence-electron chi connectivity index (χ0n) is 12.6. The first kappa shape index (κ1) is 18.3. The fourth-order valence-electron chi connectivity index (χ4n) is 1.69. The van der Waals surface area contributed by atoms with E-state index >= 15 is 0 Å². The lowest BCUT2D eigenvalue weighted by molar-refractivity contribution is -0.137. The normalized spacial score (nSPS) is 9.65. The van der Waals surface area contributed by atoms with Gasteiger partial charge in [0.2, 0.25) is 0 Å². The predicted molar refractivity (Wildman–Crippen MR) is 84.2 cm³/mol. The van der Waals surface area contributed by atoms with Crippen molar-refractivity contribution in [3.63, 3.8) is 0 Å². The van der Waals surface area contributed by atoms with Gasteiger partial charge in [0.15, 0.2) is 0 Å². The summed E-state index contributed by atoms with van der Waals surface area (Å²) in [6.07, 6.45) is 13.8. The topological polar surface area (TPSA) is 37.3 Å². The summed E-state index contributed by atoms with van der Waals surface area (Å²) in [6, 6.07) is 0. The molecular weight excluding hydrogens is 248 g/mol. The minimum atomic E-state index is -0.689. The van der Waals surface area contributed by atoms with Gasteiger partial charge in [0.1, 0.15) is 0 Å². The molecule has 0 fully saturated rings. The van der Waals surface area contributed by atoms with Gasteiger partial charge in [0, 0.05) is 12.8 Å². The van der Waals surface area contributed by atoms with Crippen LogP contribution in [0.1, 0.15) is 71.1 Å². The van der Waals surface area contributed by atoms with Crippen molar-refractivity contribution in [1.82, 2.24) is 0 Å². The molecule has 0 bridgehead atoms. The zero-order valence-corrected chi connectivity index (χ0v) is 12.6. The van der Waals surface area contributed by atoms with Gasteiger partial charge >= 0.3 is 5.97 Å². The molecule has 0 radical (unpaired) electrons. The summed E-state index contributed by atoms with van der Waals surface area (Å²) in [5, 5.41) is 8.49. The smallest absolute Gasteiger partial charge is 0.303 e. The molecule has 0 amide bonds. The second-order valence-electron chi connectivity index (χ2n) is 4.78. The van der Waals surface area contributed by atoms with Crippen molar-refractivity contribution >= 4 is 5.97 Å². The summed E-state index contributed by atoms with van der Waals surface area (Å²) in [5.41, 5.74) is 0. The van der Waals surface area contributed by atoms with Gasteiger partial charge in [-0.15, -0.1) is 0 Å². The molecule has 0 saturated heterocycles. The van der Waals surface area contributed by atoms with Crippen LogP contribution in [-0.4, -0.2) is 11.1 Å². The molecule has 0 spiro atoms. The molecule has 1 N–H and O–H groups in total. The first-order chi connectivity index (χ1) is 9.77. The van der Waals surface area contributed by atoms with Crippen molar-refractivity contribution in [1.29, 1.82) is 0 Å². The van der Waals surface area contributed by atoms with E-state index in [1.54, 1.807) is 0 Å². The molecule has 110 valence electrons. The zero-order chi connectivity index (χ0) is 14.9. The molecule has 2 nitrogen and oxygen atoms in total. The second kappa shape index (κ2) is 15.4. The van der Waals surface area contributed by atoms with Crippen LogP contribution in [0.3, 0.4) is 0 Å². The molecule has 0 aromatic rings. The van der Waals surface area contributed by atoms with Crippen molar-refractivity contribution < 1.29 is 9.90 Å². The van der Waals surface area contributed by atoms with Gasteiger partial charge in [0.05, 0.1) is 0 Å². The maximum absolute atomic E-state index is 10.3. The fraction of sp³-hybridized carbons (Fsp3) is 0.611. The van der Waals surface area contributed by atoms with E-state index in [1.165, 1.54) is 12.8 Å². The van der Waals surface area contributed by atoms with Gasteiger partial charge in [0.25, 0.3) is 0 Å². The van der Waals surface area contributed by atoms with Crippen LogP contribution < -0.4 is 0 Å². The van der Waals surface area contributed by atoms with E-state index < -0.39 is 5.97 Å². The van der Waals surface area contributed by atoms with Crippen LogP contribution in [-0.2, 0) is 4.79 Å². The van der Waals surface area contributed by atoms with Gasteiger partial charge in [-0.1, -0.05) is 56.9 Å². The van der Waals surface area contributed by atoms with E-state index in [2.05, 4.69) is 36.7 Å². The van der Waals surface area contributed by atoms with Crippen LogP contribution in [0.5, 0.6) is 0 Å². The van der Waals surface area contributed by atoms with Crippen LogP contribution in [0, 0.1) is 23.7 Å². The maximum Gasteiger partial charge on any atom is 0.303 e. The lowest BCUT2D eigenvalue weighted by atomic mass is 10.1. The molecule has 0 aromatic carbocycles. The molecular formula is C18H26O2. The van der Waals surface area contributed by atoms with Crippen LogP contribution in [0.2, 0.25) is 0 Å². The second-order valence-corrected chi connectivity index (χ2v) is 4.78. The summed E-state index contributed by atoms with van der Waals surface area (Å²) in [4.78, 5) is 10.3. The van der Waals surface area contributed by atoms with Gasteiger partial charge in [-0.2, -0.15) is 0 Å². The van der Waals surface area contributed by atoms with Crippen molar-refractivity contribution in [2.24, 2.45) is 0 Å². The van der Waals surface area contributed by atoms with Crippen LogP contribution >= 0.6 is 0 Å². The number of hydrogen-bond donors (Lipinski definition) is 1. The third-order valence-electron chi connectivity index (χ3n) is 2.82. The number of carboxylic acid groups (broad SMARTS) is 1. The Balaban J connectivity index is 3.34. The van der Waals surface area contributed by atoms with Crippen molar-refractivity contribution in [3.8, 4) is 23.7 Å². The summed E-state index contributed by atoms with van der Waals surface area (Å²) in [7, 11) is 0. The SMILES string of the molecule is CCCC=CC#CC#CCCCCCCCCC(=O)O. The Labute approximate surface area is 123 Å². The first-order valence-corrected chi connectivity index (χ1v) is 7.62. The average Bonchev–Trinajstić information content (AvgIpc) is 2.43. The monoisotopic (exact) mass is 274 g/mol. The van der Waals surface area contributed by atoms with Crippen molar-refractivity contribution in [2.75, 3.05) is 0 Å². The summed E-state index contributed by atoms with van der Waals surface area (Å²) in [6.45, 7) is 2.14.